The summed E-state index contributed by atoms with van der Waals surface area (Å²) in [6, 6.07) is 0. The van der Waals surface area contributed by atoms with Crippen LogP contribution in [0.15, 0.2) is 12.5 Å². The molecule has 3 heterocycles. The van der Waals surface area contributed by atoms with Crippen LogP contribution in [-0.4, -0.2) is 63.3 Å². The van der Waals surface area contributed by atoms with E-state index in [1.54, 1.807) is 11.0 Å². The van der Waals surface area contributed by atoms with E-state index in [1.807, 2.05) is 18.1 Å². The quantitative estimate of drug-likeness (QED) is 0.777. The van der Waals surface area contributed by atoms with Gasteiger partial charge in [0.05, 0.1) is 11.6 Å². The van der Waals surface area contributed by atoms with Crippen molar-refractivity contribution in [1.82, 2.24) is 24.6 Å². The van der Waals surface area contributed by atoms with Crippen molar-refractivity contribution in [3.05, 3.63) is 12.5 Å². The number of nitrogens with zero attached hydrogens (tertiary/aromatic N) is 6. The summed E-state index contributed by atoms with van der Waals surface area (Å²) in [6.07, 6.45) is 9.87. The molecular formula is C19H31Cl2N7O. The van der Waals surface area contributed by atoms with Crippen LogP contribution in [0.3, 0.4) is 0 Å². The number of aryl methyl sites for hydroxylation is 1. The average molecular weight is 444 g/mol. The highest BCUT2D eigenvalue weighted by atomic mass is 35.5. The molecule has 162 valence electrons. The summed E-state index contributed by atoms with van der Waals surface area (Å²) in [4.78, 5) is 25.9. The van der Waals surface area contributed by atoms with Gasteiger partial charge in [-0.05, 0) is 24.8 Å². The number of halogens is 2. The van der Waals surface area contributed by atoms with Crippen molar-refractivity contribution in [3.63, 3.8) is 0 Å². The minimum atomic E-state index is 0. The highest BCUT2D eigenvalue weighted by molar-refractivity contribution is 5.87. The smallest absolute Gasteiger partial charge is 0.223 e. The third kappa shape index (κ3) is 4.75. The highest BCUT2D eigenvalue weighted by Crippen LogP contribution is 2.39. The first kappa shape index (κ1) is 23.6. The molecule has 0 spiro atoms. The van der Waals surface area contributed by atoms with Gasteiger partial charge in [-0.2, -0.15) is 5.10 Å². The number of nitrogens with two attached hydrogens (primary N) is 1. The Balaban J connectivity index is 0.00000150. The molecule has 4 rings (SSSR count). The molecule has 10 heteroatoms. The molecule has 0 bridgehead atoms. The standard InChI is InChI=1S/C19H29N7O.2ClH/c1-24-17-15(12-23-24)18(22-14-21-17)26-9-7-25(8-10-26)16(27)11-19(13-20)5-3-2-4-6-19;;/h12,14H,2-11,13,20H2,1H3;2*1H. The van der Waals surface area contributed by atoms with E-state index in [2.05, 4.69) is 20.0 Å². The number of aromatic nitrogens is 4. The fraction of sp³-hybridized carbons (Fsp3) is 0.684. The van der Waals surface area contributed by atoms with Gasteiger partial charge >= 0.3 is 0 Å². The number of fused-ring (bicyclic) bond motifs is 1. The Hall–Kier alpha value is -1.64. The van der Waals surface area contributed by atoms with Crippen LogP contribution < -0.4 is 10.6 Å². The molecule has 8 nitrogen and oxygen atoms in total. The molecular weight excluding hydrogens is 413 g/mol. The van der Waals surface area contributed by atoms with E-state index in [0.29, 0.717) is 13.0 Å². The van der Waals surface area contributed by atoms with Crippen LogP contribution in [0.2, 0.25) is 0 Å². The first-order valence-electron chi connectivity index (χ1n) is 9.97. The Morgan fingerprint density at radius 3 is 2.45 bits per heavy atom. The first-order chi connectivity index (χ1) is 13.1. The van der Waals surface area contributed by atoms with Gasteiger partial charge in [-0.1, -0.05) is 19.3 Å². The van der Waals surface area contributed by atoms with E-state index in [0.717, 1.165) is 55.9 Å². The van der Waals surface area contributed by atoms with Crippen molar-refractivity contribution in [2.45, 2.75) is 38.5 Å². The second-order valence-electron chi connectivity index (χ2n) is 8.01. The van der Waals surface area contributed by atoms with Gasteiger partial charge in [-0.3, -0.25) is 9.48 Å². The van der Waals surface area contributed by atoms with Crippen LogP contribution in [0.1, 0.15) is 38.5 Å². The second-order valence-corrected chi connectivity index (χ2v) is 8.01. The van der Waals surface area contributed by atoms with Crippen LogP contribution in [0.25, 0.3) is 11.0 Å². The van der Waals surface area contributed by atoms with Crippen molar-refractivity contribution >= 4 is 47.6 Å². The molecule has 2 aromatic heterocycles. The number of carbonyl (C=O) groups is 1. The van der Waals surface area contributed by atoms with E-state index in [-0.39, 0.29) is 36.1 Å². The van der Waals surface area contributed by atoms with Crippen molar-refractivity contribution < 1.29 is 4.79 Å². The van der Waals surface area contributed by atoms with Gasteiger partial charge in [-0.15, -0.1) is 24.8 Å². The maximum Gasteiger partial charge on any atom is 0.223 e. The Kier molecular flexibility index (Phi) is 8.08. The molecule has 2 aromatic rings. The zero-order valence-electron chi connectivity index (χ0n) is 16.9. The molecule has 1 aliphatic heterocycles. The third-order valence-corrected chi connectivity index (χ3v) is 6.31. The van der Waals surface area contributed by atoms with Gasteiger partial charge < -0.3 is 15.5 Å². The zero-order chi connectivity index (χ0) is 18.9. The Labute approximate surface area is 184 Å². The van der Waals surface area contributed by atoms with Crippen LogP contribution in [0.4, 0.5) is 5.82 Å². The molecule has 1 saturated heterocycles. The first-order valence-corrected chi connectivity index (χ1v) is 9.97. The Morgan fingerprint density at radius 2 is 1.79 bits per heavy atom. The van der Waals surface area contributed by atoms with Crippen molar-refractivity contribution in [3.8, 4) is 0 Å². The number of rotatable bonds is 4. The molecule has 2 N–H and O–H groups in total. The summed E-state index contributed by atoms with van der Waals surface area (Å²) >= 11 is 0. The van der Waals surface area contributed by atoms with E-state index < -0.39 is 0 Å². The zero-order valence-corrected chi connectivity index (χ0v) is 18.6. The summed E-state index contributed by atoms with van der Waals surface area (Å²) in [6.45, 7) is 3.64. The average Bonchev–Trinajstić information content (AvgIpc) is 3.10. The van der Waals surface area contributed by atoms with E-state index in [9.17, 15) is 4.79 Å². The van der Waals surface area contributed by atoms with Gasteiger partial charge in [0.2, 0.25) is 5.91 Å². The predicted molar refractivity (Wildman–Crippen MR) is 119 cm³/mol. The lowest BCUT2D eigenvalue weighted by molar-refractivity contribution is -0.134. The summed E-state index contributed by atoms with van der Waals surface area (Å²) in [5, 5.41) is 5.25. The van der Waals surface area contributed by atoms with Crippen LogP contribution >= 0.6 is 24.8 Å². The lowest BCUT2D eigenvalue weighted by Gasteiger charge is -2.40. The van der Waals surface area contributed by atoms with E-state index in [4.69, 9.17) is 5.73 Å². The SMILES string of the molecule is Cl.Cl.Cn1ncc2c(N3CCN(C(=O)CC4(CN)CCCCC4)CC3)ncnc21. The molecule has 0 atom stereocenters. The molecule has 1 amide bonds. The minimum absolute atomic E-state index is 0. The van der Waals surface area contributed by atoms with Gasteiger partial charge in [-0.25, -0.2) is 9.97 Å². The van der Waals surface area contributed by atoms with Gasteiger partial charge in [0.25, 0.3) is 0 Å². The molecule has 0 aromatic carbocycles. The van der Waals surface area contributed by atoms with Crippen LogP contribution in [0.5, 0.6) is 0 Å². The summed E-state index contributed by atoms with van der Waals surface area (Å²) in [5.74, 6) is 1.17. The maximum atomic E-state index is 12.9. The maximum absolute atomic E-state index is 12.9. The lowest BCUT2D eigenvalue weighted by atomic mass is 9.71. The van der Waals surface area contributed by atoms with Crippen molar-refractivity contribution in [1.29, 1.82) is 0 Å². The highest BCUT2D eigenvalue weighted by Gasteiger charge is 2.35. The monoisotopic (exact) mass is 443 g/mol. The molecule has 2 fully saturated rings. The molecule has 0 unspecified atom stereocenters. The molecule has 2 aliphatic rings. The number of anilines is 1. The minimum Gasteiger partial charge on any atom is -0.352 e. The number of amides is 1. The topological polar surface area (TPSA) is 93.2 Å². The fourth-order valence-corrected chi connectivity index (χ4v) is 4.56. The lowest BCUT2D eigenvalue weighted by Crippen LogP contribution is -2.50. The number of hydrogen-bond acceptors (Lipinski definition) is 6. The largest absolute Gasteiger partial charge is 0.352 e. The molecule has 1 aliphatic carbocycles. The van der Waals surface area contributed by atoms with Crippen LogP contribution in [-0.2, 0) is 11.8 Å². The van der Waals surface area contributed by atoms with Crippen molar-refractivity contribution in [2.24, 2.45) is 18.2 Å². The summed E-state index contributed by atoms with van der Waals surface area (Å²) < 4.78 is 1.76. The second kappa shape index (κ2) is 9.91. The summed E-state index contributed by atoms with van der Waals surface area (Å²) in [5.41, 5.74) is 6.93. The molecule has 29 heavy (non-hydrogen) atoms. The Morgan fingerprint density at radius 1 is 1.10 bits per heavy atom. The summed E-state index contributed by atoms with van der Waals surface area (Å²) in [7, 11) is 1.88. The van der Waals surface area contributed by atoms with Gasteiger partial charge in [0, 0.05) is 39.6 Å². The van der Waals surface area contributed by atoms with Gasteiger partial charge in [0.1, 0.15) is 12.1 Å². The predicted octanol–water partition coefficient (Wildman–Crippen LogP) is 2.15. The van der Waals surface area contributed by atoms with E-state index in [1.165, 1.54) is 19.3 Å². The van der Waals surface area contributed by atoms with Crippen LogP contribution in [0, 0.1) is 5.41 Å². The molecule has 1 saturated carbocycles. The normalized spacial score (nSPS) is 18.8. The van der Waals surface area contributed by atoms with Crippen molar-refractivity contribution in [2.75, 3.05) is 37.6 Å². The van der Waals surface area contributed by atoms with E-state index >= 15 is 0 Å². The number of piperazine rings is 1. The molecule has 0 radical (unpaired) electrons. The number of carbonyl (C=O) groups excluding carboxylic acids is 1. The number of hydrogen-bond donors (Lipinski definition) is 1. The Bertz CT molecular complexity index is 814. The third-order valence-electron chi connectivity index (χ3n) is 6.31. The van der Waals surface area contributed by atoms with Gasteiger partial charge in [0.15, 0.2) is 5.65 Å². The fourth-order valence-electron chi connectivity index (χ4n) is 4.56.